The Morgan fingerprint density at radius 1 is 1.07 bits per heavy atom. The lowest BCUT2D eigenvalue weighted by atomic mass is 9.78. The summed E-state index contributed by atoms with van der Waals surface area (Å²) < 4.78 is 7.56. The number of aliphatic hydroxyl groups is 1. The van der Waals surface area contributed by atoms with Crippen LogP contribution in [0.4, 0.5) is 0 Å². The zero-order valence-electron chi connectivity index (χ0n) is 15.9. The molecule has 1 unspecified atom stereocenters. The second kappa shape index (κ2) is 8.59. The van der Waals surface area contributed by atoms with E-state index in [4.69, 9.17) is 4.74 Å². The van der Waals surface area contributed by atoms with Gasteiger partial charge in [-0.25, -0.2) is 0 Å². The Labute approximate surface area is 164 Å². The molecule has 0 radical (unpaired) electrons. The Hall–Kier alpha value is -2.31. The first-order chi connectivity index (χ1) is 13.0. The third kappa shape index (κ3) is 4.90. The molecule has 0 aliphatic rings. The number of aliphatic hydroxyl groups excluding tert-OH is 1. The molecule has 2 aromatic carbocycles. The van der Waals surface area contributed by atoms with Crippen LogP contribution >= 0.6 is 11.8 Å². The lowest BCUT2D eigenvalue weighted by molar-refractivity contribution is 0.126. The molecule has 6 heteroatoms. The fourth-order valence-corrected chi connectivity index (χ4v) is 3.60. The van der Waals surface area contributed by atoms with E-state index in [2.05, 4.69) is 60.4 Å². The largest absolute Gasteiger partial charge is 0.491 e. The van der Waals surface area contributed by atoms with E-state index in [0.717, 1.165) is 10.9 Å². The van der Waals surface area contributed by atoms with Crippen molar-refractivity contribution in [3.8, 4) is 5.75 Å². The molecule has 0 saturated carbocycles. The third-order valence-corrected chi connectivity index (χ3v) is 5.77. The van der Waals surface area contributed by atoms with Crippen molar-refractivity contribution in [1.29, 1.82) is 0 Å². The average Bonchev–Trinajstić information content (AvgIpc) is 3.10. The standard InChI is InChI=1S/C21H25N3O2S/c1-21(2,16-7-5-4-6-8-16)17-9-11-19(12-10-17)26-13-18(25)14-27-20-23-22-15-24(20)3/h4-12,15,18,25H,13-14H2,1-3H3. The Morgan fingerprint density at radius 2 is 1.74 bits per heavy atom. The van der Waals surface area contributed by atoms with Crippen LogP contribution in [-0.2, 0) is 12.5 Å². The first kappa shape index (κ1) is 19.5. The first-order valence-corrected chi connectivity index (χ1v) is 9.89. The van der Waals surface area contributed by atoms with Crippen LogP contribution in [0.5, 0.6) is 5.75 Å². The minimum atomic E-state index is -0.577. The van der Waals surface area contributed by atoms with Gasteiger partial charge in [-0.3, -0.25) is 0 Å². The summed E-state index contributed by atoms with van der Waals surface area (Å²) in [5.41, 5.74) is 2.42. The van der Waals surface area contributed by atoms with Crippen LogP contribution in [0.2, 0.25) is 0 Å². The maximum atomic E-state index is 10.1. The summed E-state index contributed by atoms with van der Waals surface area (Å²) in [6, 6.07) is 18.6. The summed E-state index contributed by atoms with van der Waals surface area (Å²) in [5.74, 6) is 1.26. The van der Waals surface area contributed by atoms with E-state index in [1.165, 1.54) is 22.9 Å². The van der Waals surface area contributed by atoms with Crippen molar-refractivity contribution in [3.05, 3.63) is 72.1 Å². The van der Waals surface area contributed by atoms with Crippen LogP contribution in [0.25, 0.3) is 0 Å². The van der Waals surface area contributed by atoms with Gasteiger partial charge in [0.2, 0.25) is 0 Å². The minimum absolute atomic E-state index is 0.0773. The van der Waals surface area contributed by atoms with Crippen molar-refractivity contribution < 1.29 is 9.84 Å². The summed E-state index contributed by atoms with van der Waals surface area (Å²) in [5, 5.41) is 18.7. The number of rotatable bonds is 8. The van der Waals surface area contributed by atoms with Gasteiger partial charge in [0.05, 0.1) is 6.10 Å². The molecule has 0 amide bonds. The summed E-state index contributed by atoms with van der Waals surface area (Å²) in [6.45, 7) is 4.67. The molecule has 27 heavy (non-hydrogen) atoms. The highest BCUT2D eigenvalue weighted by Gasteiger charge is 2.22. The highest BCUT2D eigenvalue weighted by molar-refractivity contribution is 7.99. The van der Waals surface area contributed by atoms with Gasteiger partial charge in [-0.05, 0) is 23.3 Å². The molecule has 1 N–H and O–H groups in total. The molecule has 0 aliphatic carbocycles. The number of thioether (sulfide) groups is 1. The first-order valence-electron chi connectivity index (χ1n) is 8.90. The van der Waals surface area contributed by atoms with E-state index < -0.39 is 6.10 Å². The van der Waals surface area contributed by atoms with Crippen molar-refractivity contribution in [3.63, 3.8) is 0 Å². The molecular weight excluding hydrogens is 358 g/mol. The van der Waals surface area contributed by atoms with Crippen molar-refractivity contribution in [2.24, 2.45) is 7.05 Å². The SMILES string of the molecule is Cn1cnnc1SCC(O)COc1ccc(C(C)(C)c2ccccc2)cc1. The topological polar surface area (TPSA) is 60.2 Å². The van der Waals surface area contributed by atoms with Crippen molar-refractivity contribution in [1.82, 2.24) is 14.8 Å². The second-order valence-corrected chi connectivity index (χ2v) is 8.00. The predicted molar refractivity (Wildman–Crippen MR) is 108 cm³/mol. The summed E-state index contributed by atoms with van der Waals surface area (Å²) in [7, 11) is 1.88. The van der Waals surface area contributed by atoms with E-state index in [9.17, 15) is 5.11 Å². The smallest absolute Gasteiger partial charge is 0.190 e. The lowest BCUT2D eigenvalue weighted by Gasteiger charge is -2.26. The average molecular weight is 384 g/mol. The molecule has 0 aliphatic heterocycles. The molecule has 0 bridgehead atoms. The fourth-order valence-electron chi connectivity index (χ4n) is 2.80. The maximum Gasteiger partial charge on any atom is 0.190 e. The Balaban J connectivity index is 1.54. The number of nitrogens with zero attached hydrogens (tertiary/aromatic N) is 3. The van der Waals surface area contributed by atoms with Gasteiger partial charge in [0.15, 0.2) is 5.16 Å². The zero-order valence-corrected chi connectivity index (χ0v) is 16.7. The van der Waals surface area contributed by atoms with Gasteiger partial charge < -0.3 is 14.4 Å². The number of aromatic nitrogens is 3. The normalized spacial score (nSPS) is 12.7. The lowest BCUT2D eigenvalue weighted by Crippen LogP contribution is -2.21. The van der Waals surface area contributed by atoms with Crippen LogP contribution < -0.4 is 4.74 Å². The van der Waals surface area contributed by atoms with Crippen LogP contribution in [0, 0.1) is 0 Å². The third-order valence-electron chi connectivity index (χ3n) is 4.59. The van der Waals surface area contributed by atoms with Gasteiger partial charge >= 0.3 is 0 Å². The number of benzene rings is 2. The molecule has 5 nitrogen and oxygen atoms in total. The van der Waals surface area contributed by atoms with Crippen molar-refractivity contribution in [2.45, 2.75) is 30.5 Å². The highest BCUT2D eigenvalue weighted by atomic mass is 32.2. The Morgan fingerprint density at radius 3 is 2.37 bits per heavy atom. The molecule has 0 saturated heterocycles. The summed E-state index contributed by atoms with van der Waals surface area (Å²) in [4.78, 5) is 0. The number of hydrogen-bond donors (Lipinski definition) is 1. The van der Waals surface area contributed by atoms with Gasteiger partial charge in [0.25, 0.3) is 0 Å². The number of ether oxygens (including phenoxy) is 1. The summed E-state index contributed by atoms with van der Waals surface area (Å²) in [6.07, 6.45) is 1.07. The highest BCUT2D eigenvalue weighted by Crippen LogP contribution is 2.32. The molecule has 1 atom stereocenters. The molecule has 1 heterocycles. The van der Waals surface area contributed by atoms with Crippen molar-refractivity contribution in [2.75, 3.05) is 12.4 Å². The van der Waals surface area contributed by atoms with E-state index in [0.29, 0.717) is 5.75 Å². The zero-order chi connectivity index (χ0) is 19.3. The second-order valence-electron chi connectivity index (χ2n) is 7.02. The van der Waals surface area contributed by atoms with Gasteiger partial charge in [-0.2, -0.15) is 0 Å². The summed E-state index contributed by atoms with van der Waals surface area (Å²) >= 11 is 1.46. The molecule has 0 spiro atoms. The van der Waals surface area contributed by atoms with Gasteiger partial charge in [-0.1, -0.05) is 68.1 Å². The van der Waals surface area contributed by atoms with Crippen LogP contribution in [-0.4, -0.2) is 38.3 Å². The quantitative estimate of drug-likeness (QED) is 0.602. The van der Waals surface area contributed by atoms with Crippen molar-refractivity contribution >= 4 is 11.8 Å². The van der Waals surface area contributed by atoms with E-state index in [-0.39, 0.29) is 12.0 Å². The van der Waals surface area contributed by atoms with E-state index in [1.54, 1.807) is 6.33 Å². The monoisotopic (exact) mass is 383 g/mol. The Bertz CT molecular complexity index is 847. The molecule has 3 rings (SSSR count). The van der Waals surface area contributed by atoms with E-state index >= 15 is 0 Å². The minimum Gasteiger partial charge on any atom is -0.491 e. The van der Waals surface area contributed by atoms with E-state index in [1.807, 2.05) is 29.8 Å². The molecular formula is C21H25N3O2S. The molecule has 0 fully saturated rings. The Kier molecular flexibility index (Phi) is 6.19. The maximum absolute atomic E-state index is 10.1. The van der Waals surface area contributed by atoms with Gasteiger partial charge in [0, 0.05) is 18.2 Å². The molecule has 3 aromatic rings. The van der Waals surface area contributed by atoms with Crippen LogP contribution in [0.3, 0.4) is 0 Å². The van der Waals surface area contributed by atoms with Gasteiger partial charge in [-0.15, -0.1) is 10.2 Å². The van der Waals surface area contributed by atoms with Gasteiger partial charge in [0.1, 0.15) is 18.7 Å². The predicted octanol–water partition coefficient (Wildman–Crippen LogP) is 3.67. The number of aryl methyl sites for hydroxylation is 1. The number of hydrogen-bond acceptors (Lipinski definition) is 5. The fraction of sp³-hybridized carbons (Fsp3) is 0.333. The van der Waals surface area contributed by atoms with Crippen LogP contribution in [0.1, 0.15) is 25.0 Å². The molecule has 142 valence electrons. The molecule has 1 aromatic heterocycles. The van der Waals surface area contributed by atoms with Crippen LogP contribution in [0.15, 0.2) is 66.1 Å².